The molecule has 4 aliphatic carbocycles. The van der Waals surface area contributed by atoms with E-state index < -0.39 is 0 Å². The van der Waals surface area contributed by atoms with Crippen LogP contribution in [0.1, 0.15) is 55.2 Å². The summed E-state index contributed by atoms with van der Waals surface area (Å²) < 4.78 is 2.54. The fraction of sp³-hybridized carbons (Fsp3) is 0.179. The van der Waals surface area contributed by atoms with Gasteiger partial charge in [-0.3, -0.25) is 0 Å². The van der Waals surface area contributed by atoms with Crippen molar-refractivity contribution in [2.75, 3.05) is 0 Å². The van der Waals surface area contributed by atoms with Crippen molar-refractivity contribution in [2.24, 2.45) is 11.8 Å². The Hall–Kier alpha value is -6.74. The number of benzene rings is 7. The lowest BCUT2D eigenvalue weighted by Gasteiger charge is -2.63. The predicted molar refractivity (Wildman–Crippen MR) is 249 cm³/mol. The largest absolute Gasteiger partial charge is 0.208 e. The number of thiophene rings is 1. The Morgan fingerprint density at radius 3 is 1.52 bits per heavy atom. The number of rotatable bonds is 7. The molecular weight excluding hydrogens is 761 g/mol. The molecule has 292 valence electrons. The van der Waals surface area contributed by atoms with E-state index in [9.17, 15) is 5.26 Å². The zero-order chi connectivity index (χ0) is 40.5. The summed E-state index contributed by atoms with van der Waals surface area (Å²) in [6.45, 7) is 0. The van der Waals surface area contributed by atoms with E-state index in [0.717, 1.165) is 34.1 Å². The van der Waals surface area contributed by atoms with Crippen LogP contribution in [0, 0.1) is 23.2 Å². The third kappa shape index (κ3) is 6.28. The molecule has 7 aromatic carbocycles. The van der Waals surface area contributed by atoms with Crippen molar-refractivity contribution >= 4 is 31.5 Å². The summed E-state index contributed by atoms with van der Waals surface area (Å²) in [5, 5.41) is 11.9. The molecule has 4 aliphatic rings. The summed E-state index contributed by atoms with van der Waals surface area (Å²) in [5.74, 6) is 3.58. The molecule has 2 aromatic heterocycles. The summed E-state index contributed by atoms with van der Waals surface area (Å²) in [6.07, 6.45) is 7.86. The third-order valence-corrected chi connectivity index (χ3v) is 15.3. The van der Waals surface area contributed by atoms with Gasteiger partial charge < -0.3 is 0 Å². The van der Waals surface area contributed by atoms with Crippen LogP contribution in [0.3, 0.4) is 0 Å². The van der Waals surface area contributed by atoms with Crippen molar-refractivity contribution in [3.63, 3.8) is 0 Å². The van der Waals surface area contributed by atoms with Crippen molar-refractivity contribution in [2.45, 2.75) is 49.4 Å². The van der Waals surface area contributed by atoms with Crippen molar-refractivity contribution in [3.05, 3.63) is 187 Å². The Labute approximate surface area is 360 Å². The first-order valence-electron chi connectivity index (χ1n) is 21.6. The fourth-order valence-electron chi connectivity index (χ4n) is 11.8. The molecule has 2 unspecified atom stereocenters. The van der Waals surface area contributed by atoms with Gasteiger partial charge in [0.2, 0.25) is 0 Å². The van der Waals surface area contributed by atoms with Gasteiger partial charge >= 0.3 is 0 Å². The van der Waals surface area contributed by atoms with Crippen LogP contribution in [0.15, 0.2) is 170 Å². The molecular formula is C56H42N4S. The van der Waals surface area contributed by atoms with E-state index in [-0.39, 0.29) is 10.8 Å². The highest BCUT2D eigenvalue weighted by molar-refractivity contribution is 7.25. The third-order valence-electron chi connectivity index (χ3n) is 14.1. The minimum atomic E-state index is 0.234. The maximum Gasteiger partial charge on any atom is 0.164 e. The van der Waals surface area contributed by atoms with Crippen molar-refractivity contribution < 1.29 is 0 Å². The van der Waals surface area contributed by atoms with Crippen LogP contribution in [0.4, 0.5) is 0 Å². The average Bonchev–Trinajstić information content (AvgIpc) is 3.69. The lowest BCUT2D eigenvalue weighted by molar-refractivity contribution is -0.0281. The highest BCUT2D eigenvalue weighted by atomic mass is 32.1. The van der Waals surface area contributed by atoms with E-state index in [1.54, 1.807) is 0 Å². The number of nitriles is 1. The number of aromatic nitrogens is 3. The lowest BCUT2D eigenvalue weighted by Crippen LogP contribution is -2.55. The summed E-state index contributed by atoms with van der Waals surface area (Å²) in [7, 11) is 0. The van der Waals surface area contributed by atoms with Crippen molar-refractivity contribution in [1.29, 1.82) is 5.26 Å². The normalized spacial score (nSPS) is 21.5. The molecule has 4 nitrogen and oxygen atoms in total. The Bertz CT molecular complexity index is 3090. The van der Waals surface area contributed by atoms with E-state index in [1.165, 1.54) is 86.5 Å². The SMILES string of the molecule is N#Cc1cccc(-c2ccc(C34CC5CC(C3)CC(c3ccc(-c6ccc7c(c6)sc6ccc(-c8nc(-c9ccccc9)nc(-c9ccccc9)n8)cc67)cc3)(C5)C4)cc2)c1. The van der Waals surface area contributed by atoms with Crippen molar-refractivity contribution in [3.8, 4) is 62.5 Å². The molecule has 0 amide bonds. The summed E-state index contributed by atoms with van der Waals surface area (Å²) in [6, 6.07) is 63.2. The highest BCUT2D eigenvalue weighted by Gasteiger charge is 2.58. The van der Waals surface area contributed by atoms with Crippen molar-refractivity contribution in [1.82, 2.24) is 15.0 Å². The zero-order valence-corrected chi connectivity index (χ0v) is 34.6. The molecule has 5 heteroatoms. The van der Waals surface area contributed by atoms with Crippen LogP contribution >= 0.6 is 11.3 Å². The van der Waals surface area contributed by atoms with Crippen LogP contribution in [-0.4, -0.2) is 15.0 Å². The molecule has 2 heterocycles. The van der Waals surface area contributed by atoms with Crippen LogP contribution in [-0.2, 0) is 10.8 Å². The molecule has 0 spiro atoms. The molecule has 61 heavy (non-hydrogen) atoms. The van der Waals surface area contributed by atoms with Gasteiger partial charge in [-0.05, 0) is 131 Å². The van der Waals surface area contributed by atoms with Crippen LogP contribution in [0.5, 0.6) is 0 Å². The summed E-state index contributed by atoms with van der Waals surface area (Å²) in [5.41, 5.74) is 12.0. The Balaban J connectivity index is 0.837. The second-order valence-corrected chi connectivity index (χ2v) is 19.0. The lowest BCUT2D eigenvalue weighted by atomic mass is 9.41. The van der Waals surface area contributed by atoms with Gasteiger partial charge in [0.1, 0.15) is 0 Å². The number of fused-ring (bicyclic) bond motifs is 3. The Morgan fingerprint density at radius 2 is 0.951 bits per heavy atom. The van der Waals surface area contributed by atoms with E-state index in [0.29, 0.717) is 23.0 Å². The van der Waals surface area contributed by atoms with Gasteiger partial charge in [0, 0.05) is 36.9 Å². The van der Waals surface area contributed by atoms with E-state index >= 15 is 0 Å². The van der Waals surface area contributed by atoms with E-state index in [2.05, 4.69) is 121 Å². The maximum absolute atomic E-state index is 9.45. The molecule has 0 saturated heterocycles. The summed E-state index contributed by atoms with van der Waals surface area (Å²) in [4.78, 5) is 14.9. The molecule has 4 saturated carbocycles. The topological polar surface area (TPSA) is 62.5 Å². The highest BCUT2D eigenvalue weighted by Crippen LogP contribution is 2.66. The predicted octanol–water partition coefficient (Wildman–Crippen LogP) is 14.2. The number of nitrogens with zero attached hydrogens (tertiary/aromatic N) is 4. The fourth-order valence-corrected chi connectivity index (χ4v) is 12.9. The summed E-state index contributed by atoms with van der Waals surface area (Å²) >= 11 is 1.85. The first-order valence-corrected chi connectivity index (χ1v) is 22.4. The molecule has 4 fully saturated rings. The minimum absolute atomic E-state index is 0.234. The van der Waals surface area contributed by atoms with E-state index in [1.807, 2.05) is 65.9 Å². The van der Waals surface area contributed by atoms with Gasteiger partial charge in [0.15, 0.2) is 17.5 Å². The van der Waals surface area contributed by atoms with Gasteiger partial charge in [0.25, 0.3) is 0 Å². The zero-order valence-electron chi connectivity index (χ0n) is 33.8. The van der Waals surface area contributed by atoms with Crippen LogP contribution in [0.2, 0.25) is 0 Å². The first kappa shape index (κ1) is 36.1. The Kier molecular flexibility index (Phi) is 8.40. The molecule has 13 rings (SSSR count). The molecule has 2 atom stereocenters. The van der Waals surface area contributed by atoms with Gasteiger partial charge in [-0.1, -0.05) is 133 Å². The van der Waals surface area contributed by atoms with Gasteiger partial charge in [-0.2, -0.15) is 5.26 Å². The van der Waals surface area contributed by atoms with Crippen LogP contribution < -0.4 is 0 Å². The minimum Gasteiger partial charge on any atom is -0.208 e. The van der Waals surface area contributed by atoms with Gasteiger partial charge in [0.05, 0.1) is 11.6 Å². The van der Waals surface area contributed by atoms with Crippen LogP contribution in [0.25, 0.3) is 76.6 Å². The molecule has 0 radical (unpaired) electrons. The Morgan fingerprint density at radius 1 is 0.443 bits per heavy atom. The average molecular weight is 803 g/mol. The van der Waals surface area contributed by atoms with E-state index in [4.69, 9.17) is 15.0 Å². The number of hydrogen-bond acceptors (Lipinski definition) is 5. The molecule has 9 aromatic rings. The number of hydrogen-bond donors (Lipinski definition) is 0. The second kappa shape index (κ2) is 14.2. The second-order valence-electron chi connectivity index (χ2n) is 17.9. The monoisotopic (exact) mass is 802 g/mol. The standard InChI is InChI=1S/C56H42N4S/c57-34-36-8-7-13-43(27-36)39-14-20-46(21-15-39)55-30-37-26-38(31-55)33-56(32-37,35-55)47-22-16-40(17-23-47)44-18-24-48-49-28-45(19-25-50(49)61-51(48)29-44)54-59-52(41-9-3-1-4-10-41)58-53(60-54)42-11-5-2-6-12-42/h1-25,27-29,37-38H,26,30-33,35H2. The van der Waals surface area contributed by atoms with Gasteiger partial charge in [-0.15, -0.1) is 11.3 Å². The van der Waals surface area contributed by atoms with Gasteiger partial charge in [-0.25, -0.2) is 15.0 Å². The smallest absolute Gasteiger partial charge is 0.164 e. The molecule has 4 bridgehead atoms. The molecule has 0 aliphatic heterocycles. The molecule has 0 N–H and O–H groups in total. The maximum atomic E-state index is 9.45. The first-order chi connectivity index (χ1) is 30.0. The quantitative estimate of drug-likeness (QED) is 0.161.